The Labute approximate surface area is 92.8 Å². The predicted molar refractivity (Wildman–Crippen MR) is 67.7 cm³/mol. The van der Waals surface area contributed by atoms with Crippen LogP contribution in [0.15, 0.2) is 62.3 Å². The van der Waals surface area contributed by atoms with Crippen LogP contribution in [-0.4, -0.2) is 24.0 Å². The molecule has 1 aliphatic carbocycles. The van der Waals surface area contributed by atoms with Gasteiger partial charge < -0.3 is 0 Å². The molecule has 0 N–H and O–H groups in total. The molecule has 0 saturated heterocycles. The lowest BCUT2D eigenvalue weighted by molar-refractivity contribution is 0.256. The lowest BCUT2D eigenvalue weighted by Crippen LogP contribution is -2.38. The Balaban J connectivity index is 2.71. The molecular weight excluding hydrogens is 182 g/mol. The third kappa shape index (κ3) is 3.07. The smallest absolute Gasteiger partial charge is 0.0379 e. The standard InChI is InChI=1S/C14H19N/c1-4-11-15(12-5-2)14(6-3)13-9-7-8-10-13/h4-10,13-14H,1-3,11-12H2. The van der Waals surface area contributed by atoms with E-state index in [2.05, 4.69) is 48.9 Å². The van der Waals surface area contributed by atoms with Gasteiger partial charge >= 0.3 is 0 Å². The number of hydrogen-bond donors (Lipinski definition) is 0. The Morgan fingerprint density at radius 2 is 1.60 bits per heavy atom. The van der Waals surface area contributed by atoms with Crippen molar-refractivity contribution in [2.45, 2.75) is 6.04 Å². The van der Waals surface area contributed by atoms with Crippen LogP contribution in [0.5, 0.6) is 0 Å². The summed E-state index contributed by atoms with van der Waals surface area (Å²) in [4.78, 5) is 2.30. The average Bonchev–Trinajstić information content (AvgIpc) is 2.73. The lowest BCUT2D eigenvalue weighted by atomic mass is 10.00. The zero-order valence-corrected chi connectivity index (χ0v) is 9.18. The van der Waals surface area contributed by atoms with Gasteiger partial charge in [0.15, 0.2) is 0 Å². The molecular formula is C14H19N. The van der Waals surface area contributed by atoms with E-state index in [4.69, 9.17) is 0 Å². The zero-order valence-electron chi connectivity index (χ0n) is 9.18. The summed E-state index contributed by atoms with van der Waals surface area (Å²) in [5.74, 6) is 0.433. The second-order valence-corrected chi connectivity index (χ2v) is 3.60. The van der Waals surface area contributed by atoms with E-state index in [0.29, 0.717) is 12.0 Å². The first-order valence-electron chi connectivity index (χ1n) is 5.27. The van der Waals surface area contributed by atoms with Crippen molar-refractivity contribution in [2.24, 2.45) is 5.92 Å². The predicted octanol–water partition coefficient (Wildman–Crippen LogP) is 2.96. The summed E-state index contributed by atoms with van der Waals surface area (Å²) in [6.07, 6.45) is 14.4. The van der Waals surface area contributed by atoms with E-state index in [9.17, 15) is 0 Å². The van der Waals surface area contributed by atoms with E-state index in [-0.39, 0.29) is 0 Å². The van der Waals surface area contributed by atoms with Gasteiger partial charge in [-0.25, -0.2) is 0 Å². The average molecular weight is 201 g/mol. The fourth-order valence-electron chi connectivity index (χ4n) is 1.88. The van der Waals surface area contributed by atoms with Gasteiger partial charge in [-0.3, -0.25) is 4.90 Å². The minimum atomic E-state index is 0.330. The van der Waals surface area contributed by atoms with E-state index < -0.39 is 0 Å². The van der Waals surface area contributed by atoms with Crippen LogP contribution in [0.1, 0.15) is 0 Å². The molecule has 0 aromatic heterocycles. The fraction of sp³-hybridized carbons (Fsp3) is 0.286. The molecule has 0 aromatic rings. The molecule has 1 atom stereocenters. The lowest BCUT2D eigenvalue weighted by Gasteiger charge is -2.30. The second-order valence-electron chi connectivity index (χ2n) is 3.60. The molecule has 1 rings (SSSR count). The van der Waals surface area contributed by atoms with Gasteiger partial charge in [0.1, 0.15) is 0 Å². The van der Waals surface area contributed by atoms with E-state index in [1.165, 1.54) is 0 Å². The van der Waals surface area contributed by atoms with Crippen molar-refractivity contribution in [1.29, 1.82) is 0 Å². The van der Waals surface area contributed by atoms with Crippen LogP contribution in [0.3, 0.4) is 0 Å². The molecule has 0 radical (unpaired) electrons. The zero-order chi connectivity index (χ0) is 11.1. The Kier molecular flexibility index (Phi) is 4.85. The molecule has 0 spiro atoms. The van der Waals surface area contributed by atoms with Crippen LogP contribution in [0.4, 0.5) is 0 Å². The molecule has 1 nitrogen and oxygen atoms in total. The monoisotopic (exact) mass is 201 g/mol. The summed E-state index contributed by atoms with van der Waals surface area (Å²) >= 11 is 0. The topological polar surface area (TPSA) is 3.24 Å². The Bertz CT molecular complexity index is 264. The highest BCUT2D eigenvalue weighted by Crippen LogP contribution is 2.19. The molecule has 15 heavy (non-hydrogen) atoms. The molecule has 0 bridgehead atoms. The van der Waals surface area contributed by atoms with Crippen molar-refractivity contribution in [3.05, 3.63) is 62.3 Å². The Hall–Kier alpha value is -1.34. The first kappa shape index (κ1) is 11.7. The first-order valence-corrected chi connectivity index (χ1v) is 5.27. The highest BCUT2D eigenvalue weighted by Gasteiger charge is 2.20. The summed E-state index contributed by atoms with van der Waals surface area (Å²) in [6, 6.07) is 0.330. The number of rotatable bonds is 7. The summed E-state index contributed by atoms with van der Waals surface area (Å²) in [6.45, 7) is 13.2. The van der Waals surface area contributed by atoms with Gasteiger partial charge in [-0.05, 0) is 0 Å². The van der Waals surface area contributed by atoms with Gasteiger partial charge in [0, 0.05) is 25.0 Å². The largest absolute Gasteiger partial charge is 0.289 e. The molecule has 0 heterocycles. The molecule has 1 heteroatoms. The third-order valence-corrected chi connectivity index (χ3v) is 2.56. The second kappa shape index (κ2) is 6.20. The summed E-state index contributed by atoms with van der Waals surface area (Å²) < 4.78 is 0. The minimum absolute atomic E-state index is 0.330. The minimum Gasteiger partial charge on any atom is -0.289 e. The van der Waals surface area contributed by atoms with Crippen molar-refractivity contribution in [2.75, 3.05) is 13.1 Å². The number of nitrogens with zero attached hydrogens (tertiary/aromatic N) is 1. The van der Waals surface area contributed by atoms with Crippen LogP contribution in [0.25, 0.3) is 0 Å². The summed E-state index contributed by atoms with van der Waals surface area (Å²) in [7, 11) is 0. The van der Waals surface area contributed by atoms with Crippen LogP contribution in [0, 0.1) is 5.92 Å². The highest BCUT2D eigenvalue weighted by atomic mass is 15.1. The van der Waals surface area contributed by atoms with E-state index >= 15 is 0 Å². The van der Waals surface area contributed by atoms with Gasteiger partial charge in [-0.1, -0.05) is 42.5 Å². The molecule has 0 amide bonds. The van der Waals surface area contributed by atoms with Crippen molar-refractivity contribution in [1.82, 2.24) is 4.90 Å². The van der Waals surface area contributed by atoms with Crippen molar-refractivity contribution in [3.8, 4) is 0 Å². The maximum Gasteiger partial charge on any atom is 0.0379 e. The molecule has 0 fully saturated rings. The van der Waals surface area contributed by atoms with Crippen LogP contribution in [0.2, 0.25) is 0 Å². The SMILES string of the molecule is C=CCN(CC=C)C(C=C)C1C=CC=C1. The summed E-state index contributed by atoms with van der Waals surface area (Å²) in [5.41, 5.74) is 0. The first-order chi connectivity index (χ1) is 7.33. The van der Waals surface area contributed by atoms with Crippen LogP contribution >= 0.6 is 0 Å². The molecule has 0 aliphatic heterocycles. The molecule has 0 saturated carbocycles. The number of hydrogen-bond acceptors (Lipinski definition) is 1. The van der Waals surface area contributed by atoms with Crippen LogP contribution in [-0.2, 0) is 0 Å². The molecule has 1 unspecified atom stereocenters. The van der Waals surface area contributed by atoms with E-state index in [1.807, 2.05) is 18.2 Å². The quantitative estimate of drug-likeness (QED) is 0.572. The van der Waals surface area contributed by atoms with Crippen molar-refractivity contribution < 1.29 is 0 Å². The van der Waals surface area contributed by atoms with Gasteiger partial charge in [0.2, 0.25) is 0 Å². The van der Waals surface area contributed by atoms with Gasteiger partial charge in [-0.15, -0.1) is 19.7 Å². The van der Waals surface area contributed by atoms with E-state index in [1.54, 1.807) is 0 Å². The summed E-state index contributed by atoms with van der Waals surface area (Å²) in [5, 5.41) is 0. The maximum atomic E-state index is 3.91. The highest BCUT2D eigenvalue weighted by molar-refractivity contribution is 5.22. The van der Waals surface area contributed by atoms with Crippen molar-refractivity contribution in [3.63, 3.8) is 0 Å². The Morgan fingerprint density at radius 1 is 1.07 bits per heavy atom. The van der Waals surface area contributed by atoms with Gasteiger partial charge in [-0.2, -0.15) is 0 Å². The maximum absolute atomic E-state index is 3.91. The fourth-order valence-corrected chi connectivity index (χ4v) is 1.88. The van der Waals surface area contributed by atoms with Gasteiger partial charge in [0.05, 0.1) is 0 Å². The molecule has 80 valence electrons. The van der Waals surface area contributed by atoms with Crippen molar-refractivity contribution >= 4 is 0 Å². The normalized spacial score (nSPS) is 16.9. The van der Waals surface area contributed by atoms with E-state index in [0.717, 1.165) is 13.1 Å². The molecule has 1 aliphatic rings. The molecule has 0 aromatic carbocycles. The van der Waals surface area contributed by atoms with Crippen LogP contribution < -0.4 is 0 Å². The number of allylic oxidation sites excluding steroid dienone is 2. The third-order valence-electron chi connectivity index (χ3n) is 2.56. The Morgan fingerprint density at radius 3 is 2.00 bits per heavy atom. The van der Waals surface area contributed by atoms with Gasteiger partial charge in [0.25, 0.3) is 0 Å².